The summed E-state index contributed by atoms with van der Waals surface area (Å²) in [5.41, 5.74) is 2.50. The third-order valence-electron chi connectivity index (χ3n) is 6.43. The van der Waals surface area contributed by atoms with E-state index in [2.05, 4.69) is 15.3 Å². The van der Waals surface area contributed by atoms with Gasteiger partial charge in [-0.3, -0.25) is 9.48 Å². The molecule has 1 saturated heterocycles. The topological polar surface area (TPSA) is 79.7 Å². The van der Waals surface area contributed by atoms with Crippen molar-refractivity contribution >= 4 is 16.9 Å². The fraction of sp³-hybridized carbons (Fsp3) is 0.545. The van der Waals surface area contributed by atoms with Crippen molar-refractivity contribution < 1.29 is 4.79 Å². The molecule has 29 heavy (non-hydrogen) atoms. The molecule has 0 spiro atoms. The molecule has 0 radical (unpaired) electrons. The van der Waals surface area contributed by atoms with E-state index in [1.165, 1.54) is 32.1 Å². The van der Waals surface area contributed by atoms with Gasteiger partial charge in [-0.05, 0) is 43.7 Å². The number of hydrogen-bond donors (Lipinski definition) is 1. The van der Waals surface area contributed by atoms with Crippen LogP contribution in [-0.2, 0) is 6.54 Å². The first-order valence-corrected chi connectivity index (χ1v) is 10.9. The lowest BCUT2D eigenvalue weighted by atomic mass is 9.89. The predicted octanol–water partition coefficient (Wildman–Crippen LogP) is 3.75. The molecule has 1 aromatic carbocycles. The predicted molar refractivity (Wildman–Crippen MR) is 111 cm³/mol. The summed E-state index contributed by atoms with van der Waals surface area (Å²) in [7, 11) is 0. The van der Waals surface area contributed by atoms with Crippen LogP contribution in [0.4, 0.5) is 0 Å². The van der Waals surface area contributed by atoms with Gasteiger partial charge in [0.15, 0.2) is 5.69 Å². The van der Waals surface area contributed by atoms with Crippen molar-refractivity contribution in [2.45, 2.75) is 57.4 Å². The Hall–Kier alpha value is -2.70. The number of nitrogens with zero attached hydrogens (tertiary/aromatic N) is 5. The summed E-state index contributed by atoms with van der Waals surface area (Å²) in [4.78, 5) is 23.1. The number of para-hydroxylation sites is 2. The summed E-state index contributed by atoms with van der Waals surface area (Å²) in [5, 5.41) is 8.42. The number of H-pyrrole nitrogens is 1. The van der Waals surface area contributed by atoms with Gasteiger partial charge in [-0.2, -0.15) is 0 Å². The number of aromatic amines is 1. The van der Waals surface area contributed by atoms with Crippen LogP contribution in [0.3, 0.4) is 0 Å². The van der Waals surface area contributed by atoms with Crippen LogP contribution in [0, 0.1) is 5.92 Å². The third-order valence-corrected chi connectivity index (χ3v) is 6.43. The molecule has 1 atom stereocenters. The molecule has 152 valence electrons. The number of carbonyl (C=O) groups is 1. The molecule has 3 heterocycles. The summed E-state index contributed by atoms with van der Waals surface area (Å²) >= 11 is 0. The van der Waals surface area contributed by atoms with Gasteiger partial charge in [-0.25, -0.2) is 4.98 Å². The van der Waals surface area contributed by atoms with E-state index in [-0.39, 0.29) is 11.8 Å². The zero-order chi connectivity index (χ0) is 19.6. The number of fused-ring (bicyclic) bond motifs is 1. The Bertz CT molecular complexity index is 953. The van der Waals surface area contributed by atoms with E-state index in [4.69, 9.17) is 4.98 Å². The Kier molecular flexibility index (Phi) is 5.04. The third kappa shape index (κ3) is 3.91. The second-order valence-electron chi connectivity index (χ2n) is 8.56. The molecule has 1 aliphatic heterocycles. The molecule has 2 fully saturated rings. The molecule has 0 unspecified atom stereocenters. The van der Waals surface area contributed by atoms with Crippen LogP contribution >= 0.6 is 0 Å². The molecule has 5 rings (SSSR count). The molecule has 1 amide bonds. The molecule has 7 heteroatoms. The van der Waals surface area contributed by atoms with Crippen LogP contribution in [0.25, 0.3) is 11.0 Å². The number of piperidine rings is 1. The highest BCUT2D eigenvalue weighted by atomic mass is 16.2. The Morgan fingerprint density at radius 1 is 1.10 bits per heavy atom. The Labute approximate surface area is 170 Å². The van der Waals surface area contributed by atoms with Crippen molar-refractivity contribution in [3.05, 3.63) is 42.0 Å². The minimum atomic E-state index is -0.0132. The number of amides is 1. The van der Waals surface area contributed by atoms with E-state index in [9.17, 15) is 4.79 Å². The molecule has 2 aliphatic rings. The lowest BCUT2D eigenvalue weighted by Gasteiger charge is -2.31. The average Bonchev–Trinajstić information content (AvgIpc) is 3.41. The van der Waals surface area contributed by atoms with Crippen LogP contribution in [0.15, 0.2) is 30.5 Å². The number of carbonyl (C=O) groups excluding carboxylic acids is 1. The first-order chi connectivity index (χ1) is 14.3. The van der Waals surface area contributed by atoms with Gasteiger partial charge in [0.1, 0.15) is 5.82 Å². The van der Waals surface area contributed by atoms with Gasteiger partial charge in [-0.15, -0.1) is 5.10 Å². The number of likely N-dealkylation sites (tertiary alicyclic amines) is 1. The lowest BCUT2D eigenvalue weighted by molar-refractivity contribution is 0.0698. The zero-order valence-electron chi connectivity index (χ0n) is 16.8. The molecule has 1 aliphatic carbocycles. The maximum absolute atomic E-state index is 13.0. The highest BCUT2D eigenvalue weighted by Crippen LogP contribution is 2.28. The average molecular weight is 393 g/mol. The van der Waals surface area contributed by atoms with E-state index < -0.39 is 0 Å². The van der Waals surface area contributed by atoms with E-state index in [0.717, 1.165) is 42.8 Å². The van der Waals surface area contributed by atoms with Gasteiger partial charge in [-0.1, -0.05) is 36.6 Å². The summed E-state index contributed by atoms with van der Waals surface area (Å²) in [6, 6.07) is 8.08. The summed E-state index contributed by atoms with van der Waals surface area (Å²) in [6.07, 6.45) is 10.3. The maximum Gasteiger partial charge on any atom is 0.276 e. The molecular formula is C22H28N6O. The molecule has 7 nitrogen and oxygen atoms in total. The van der Waals surface area contributed by atoms with Crippen LogP contribution in [0.2, 0.25) is 0 Å². The quantitative estimate of drug-likeness (QED) is 0.733. The van der Waals surface area contributed by atoms with Crippen molar-refractivity contribution in [2.24, 2.45) is 5.92 Å². The van der Waals surface area contributed by atoms with Gasteiger partial charge >= 0.3 is 0 Å². The number of rotatable bonds is 4. The Balaban J connectivity index is 1.26. The van der Waals surface area contributed by atoms with Crippen LogP contribution in [0.5, 0.6) is 0 Å². The number of nitrogens with one attached hydrogen (secondary N) is 1. The second kappa shape index (κ2) is 7.97. The van der Waals surface area contributed by atoms with Crippen LogP contribution in [-0.4, -0.2) is 48.9 Å². The van der Waals surface area contributed by atoms with E-state index in [0.29, 0.717) is 18.2 Å². The minimum absolute atomic E-state index is 0.0132. The normalized spacial score (nSPS) is 21.0. The smallest absolute Gasteiger partial charge is 0.276 e. The summed E-state index contributed by atoms with van der Waals surface area (Å²) < 4.78 is 1.86. The molecule has 2 aromatic heterocycles. The van der Waals surface area contributed by atoms with Gasteiger partial charge in [0.2, 0.25) is 0 Å². The fourth-order valence-electron chi connectivity index (χ4n) is 4.83. The highest BCUT2D eigenvalue weighted by molar-refractivity contribution is 5.92. The number of benzene rings is 1. The van der Waals surface area contributed by atoms with E-state index >= 15 is 0 Å². The number of hydrogen-bond acceptors (Lipinski definition) is 4. The standard InChI is InChI=1S/C22H28N6O/c29-22(20-15-28(26-25-20)13-16-7-2-1-3-8-16)27-12-6-9-17(14-27)21-23-18-10-4-5-11-19(18)24-21/h4-5,10-11,15-17H,1-3,6-9,12-14H2,(H,23,24)/t17-/m0/s1. The fourth-order valence-corrected chi connectivity index (χ4v) is 4.83. The van der Waals surface area contributed by atoms with Crippen molar-refractivity contribution in [1.82, 2.24) is 29.9 Å². The second-order valence-corrected chi connectivity index (χ2v) is 8.56. The monoisotopic (exact) mass is 392 g/mol. The Morgan fingerprint density at radius 2 is 1.97 bits per heavy atom. The highest BCUT2D eigenvalue weighted by Gasteiger charge is 2.29. The molecule has 3 aromatic rings. The molecule has 0 bridgehead atoms. The largest absolute Gasteiger partial charge is 0.342 e. The first-order valence-electron chi connectivity index (χ1n) is 10.9. The van der Waals surface area contributed by atoms with Crippen molar-refractivity contribution in [3.8, 4) is 0 Å². The molecule has 1 saturated carbocycles. The van der Waals surface area contributed by atoms with Crippen LogP contribution < -0.4 is 0 Å². The van der Waals surface area contributed by atoms with Crippen molar-refractivity contribution in [1.29, 1.82) is 0 Å². The van der Waals surface area contributed by atoms with Gasteiger partial charge < -0.3 is 9.88 Å². The van der Waals surface area contributed by atoms with Gasteiger partial charge in [0, 0.05) is 25.6 Å². The van der Waals surface area contributed by atoms with Crippen molar-refractivity contribution in [3.63, 3.8) is 0 Å². The maximum atomic E-state index is 13.0. The van der Waals surface area contributed by atoms with Gasteiger partial charge in [0.25, 0.3) is 5.91 Å². The molecule has 1 N–H and O–H groups in total. The number of aromatic nitrogens is 5. The van der Waals surface area contributed by atoms with Crippen LogP contribution in [0.1, 0.15) is 67.2 Å². The lowest BCUT2D eigenvalue weighted by Crippen LogP contribution is -2.39. The SMILES string of the molecule is O=C(c1cn(CC2CCCCC2)nn1)N1CCC[C@H](c2nc3ccccc3[nH]2)C1. The minimum Gasteiger partial charge on any atom is -0.342 e. The zero-order valence-corrected chi connectivity index (χ0v) is 16.8. The van der Waals surface area contributed by atoms with Crippen molar-refractivity contribution in [2.75, 3.05) is 13.1 Å². The summed E-state index contributed by atoms with van der Waals surface area (Å²) in [5.74, 6) is 1.86. The first kappa shape index (κ1) is 18.3. The molecular weight excluding hydrogens is 364 g/mol. The Morgan fingerprint density at radius 3 is 2.83 bits per heavy atom. The van der Waals surface area contributed by atoms with E-state index in [1.807, 2.05) is 40.0 Å². The number of imidazole rings is 1. The summed E-state index contributed by atoms with van der Waals surface area (Å²) in [6.45, 7) is 2.32. The van der Waals surface area contributed by atoms with E-state index in [1.54, 1.807) is 0 Å². The van der Waals surface area contributed by atoms with Gasteiger partial charge in [0.05, 0.1) is 17.2 Å².